The number of carbonyl (C=O) groups is 1. The van der Waals surface area contributed by atoms with Gasteiger partial charge in [0.05, 0.1) is 11.1 Å². The van der Waals surface area contributed by atoms with Gasteiger partial charge in [-0.1, -0.05) is 0 Å². The van der Waals surface area contributed by atoms with E-state index in [4.69, 9.17) is 0 Å². The van der Waals surface area contributed by atoms with Crippen molar-refractivity contribution in [1.29, 1.82) is 0 Å². The predicted molar refractivity (Wildman–Crippen MR) is 59.4 cm³/mol. The molecule has 4 nitrogen and oxygen atoms in total. The maximum absolute atomic E-state index is 12.8. The molecule has 0 fully saturated rings. The molecule has 2 rings (SSSR count). The van der Waals surface area contributed by atoms with Gasteiger partial charge < -0.3 is 0 Å². The van der Waals surface area contributed by atoms with Gasteiger partial charge in [0.1, 0.15) is 11.5 Å². The van der Waals surface area contributed by atoms with Crippen molar-refractivity contribution < 1.29 is 18.0 Å². The minimum absolute atomic E-state index is 0.0917. The number of carbonyl (C=O) groups excluding carboxylic acids is 1. The Morgan fingerprint density at radius 2 is 1.95 bits per heavy atom. The topological polar surface area (TPSA) is 55.7 Å². The van der Waals surface area contributed by atoms with Crippen molar-refractivity contribution in [2.75, 3.05) is 0 Å². The molecule has 0 spiro atoms. The minimum Gasteiger partial charge on any atom is -0.287 e. The highest BCUT2D eigenvalue weighted by Crippen LogP contribution is 2.32. The fourth-order valence-electron chi connectivity index (χ4n) is 1.54. The van der Waals surface area contributed by atoms with Gasteiger partial charge in [0, 0.05) is 18.6 Å². The van der Waals surface area contributed by atoms with Gasteiger partial charge in [-0.15, -0.1) is 0 Å². The maximum atomic E-state index is 12.8. The van der Waals surface area contributed by atoms with E-state index in [9.17, 15) is 18.0 Å². The van der Waals surface area contributed by atoms with Gasteiger partial charge in [0.25, 0.3) is 0 Å². The Labute approximate surface area is 106 Å². The monoisotopic (exact) mass is 267 g/mol. The summed E-state index contributed by atoms with van der Waals surface area (Å²) in [6, 6.07) is 2.03. The Morgan fingerprint density at radius 1 is 1.21 bits per heavy atom. The molecule has 0 N–H and O–H groups in total. The zero-order valence-corrected chi connectivity index (χ0v) is 9.77. The van der Waals surface area contributed by atoms with E-state index in [1.165, 1.54) is 12.3 Å². The zero-order valence-electron chi connectivity index (χ0n) is 9.77. The molecule has 2 aromatic rings. The summed E-state index contributed by atoms with van der Waals surface area (Å²) in [4.78, 5) is 23.2. The first-order chi connectivity index (χ1) is 8.89. The maximum Gasteiger partial charge on any atom is 0.417 e. The zero-order chi connectivity index (χ0) is 14.0. The molecule has 0 atom stereocenters. The van der Waals surface area contributed by atoms with E-state index >= 15 is 0 Å². The number of ketones is 1. The Morgan fingerprint density at radius 3 is 2.58 bits per heavy atom. The third-order valence-electron chi connectivity index (χ3n) is 2.38. The van der Waals surface area contributed by atoms with Crippen LogP contribution in [-0.2, 0) is 6.18 Å². The van der Waals surface area contributed by atoms with Crippen LogP contribution in [0.4, 0.5) is 13.2 Å². The fraction of sp³-hybridized carbons (Fsp3) is 0.167. The average molecular weight is 267 g/mol. The van der Waals surface area contributed by atoms with Gasteiger partial charge >= 0.3 is 6.18 Å². The van der Waals surface area contributed by atoms with Crippen molar-refractivity contribution in [3.63, 3.8) is 0 Å². The molecular weight excluding hydrogens is 259 g/mol. The molecule has 0 aromatic carbocycles. The first kappa shape index (κ1) is 13.1. The first-order valence-electron chi connectivity index (χ1n) is 5.25. The van der Waals surface area contributed by atoms with Crippen molar-refractivity contribution in [2.24, 2.45) is 0 Å². The quantitative estimate of drug-likeness (QED) is 0.784. The molecule has 0 aliphatic carbocycles. The van der Waals surface area contributed by atoms with Crippen molar-refractivity contribution in [1.82, 2.24) is 15.0 Å². The van der Waals surface area contributed by atoms with Crippen LogP contribution < -0.4 is 0 Å². The first-order valence-corrected chi connectivity index (χ1v) is 5.25. The van der Waals surface area contributed by atoms with E-state index in [0.29, 0.717) is 5.82 Å². The predicted octanol–water partition coefficient (Wildman–Crippen LogP) is 2.43. The Bertz CT molecular complexity index is 626. The number of aryl methyl sites for hydroxylation is 1. The van der Waals surface area contributed by atoms with Crippen molar-refractivity contribution >= 4 is 5.78 Å². The molecule has 2 heterocycles. The molecule has 19 heavy (non-hydrogen) atoms. The molecule has 0 aliphatic rings. The van der Waals surface area contributed by atoms with Gasteiger partial charge in [0.15, 0.2) is 0 Å². The lowest BCUT2D eigenvalue weighted by molar-refractivity contribution is -0.137. The van der Waals surface area contributed by atoms with Crippen LogP contribution in [0.1, 0.15) is 27.4 Å². The van der Waals surface area contributed by atoms with E-state index < -0.39 is 23.1 Å². The lowest BCUT2D eigenvalue weighted by Gasteiger charge is -2.10. The smallest absolute Gasteiger partial charge is 0.287 e. The summed E-state index contributed by atoms with van der Waals surface area (Å²) < 4.78 is 38.4. The number of alkyl halides is 3. The molecule has 2 aromatic heterocycles. The number of pyridine rings is 1. The molecular formula is C12H8F3N3O. The lowest BCUT2D eigenvalue weighted by atomic mass is 10.0. The summed E-state index contributed by atoms with van der Waals surface area (Å²) in [6.45, 7) is 1.55. The average Bonchev–Trinajstić information content (AvgIpc) is 2.37. The van der Waals surface area contributed by atoms with Gasteiger partial charge in [-0.2, -0.15) is 13.2 Å². The molecule has 0 amide bonds. The van der Waals surface area contributed by atoms with Crippen molar-refractivity contribution in [2.45, 2.75) is 13.1 Å². The molecule has 0 radical (unpaired) electrons. The molecule has 0 saturated carbocycles. The van der Waals surface area contributed by atoms with Gasteiger partial charge in [-0.05, 0) is 19.1 Å². The molecule has 0 unspecified atom stereocenters. The lowest BCUT2D eigenvalue weighted by Crippen LogP contribution is -2.15. The standard InChI is InChI=1S/C12H8F3N3O/c1-7-17-5-3-10(18-7)11(19)8-6-16-4-2-9(8)12(13,14)15/h2-6H,1H3. The summed E-state index contributed by atoms with van der Waals surface area (Å²) in [5.41, 5.74) is -1.64. The van der Waals surface area contributed by atoms with E-state index in [-0.39, 0.29) is 5.69 Å². The SMILES string of the molecule is Cc1nccc(C(=O)c2cnccc2C(F)(F)F)n1. The van der Waals surface area contributed by atoms with Crippen LogP contribution in [0.15, 0.2) is 30.7 Å². The Balaban J connectivity index is 2.51. The normalized spacial score (nSPS) is 11.4. The van der Waals surface area contributed by atoms with E-state index in [0.717, 1.165) is 18.5 Å². The van der Waals surface area contributed by atoms with Crippen LogP contribution in [-0.4, -0.2) is 20.7 Å². The van der Waals surface area contributed by atoms with Crippen LogP contribution in [0.3, 0.4) is 0 Å². The third kappa shape index (κ3) is 2.75. The highest BCUT2D eigenvalue weighted by atomic mass is 19.4. The summed E-state index contributed by atoms with van der Waals surface area (Å²) >= 11 is 0. The number of hydrogen-bond donors (Lipinski definition) is 0. The second kappa shape index (κ2) is 4.75. The highest BCUT2D eigenvalue weighted by molar-refractivity contribution is 6.08. The second-order valence-electron chi connectivity index (χ2n) is 3.74. The Hall–Kier alpha value is -2.31. The number of rotatable bonds is 2. The largest absolute Gasteiger partial charge is 0.417 e. The number of nitrogens with zero attached hydrogens (tertiary/aromatic N) is 3. The van der Waals surface area contributed by atoms with Crippen LogP contribution in [0.25, 0.3) is 0 Å². The second-order valence-corrected chi connectivity index (χ2v) is 3.74. The molecule has 98 valence electrons. The number of hydrogen-bond acceptors (Lipinski definition) is 4. The summed E-state index contributed by atoms with van der Waals surface area (Å²) in [5.74, 6) is -0.519. The fourth-order valence-corrected chi connectivity index (χ4v) is 1.54. The number of halogens is 3. The molecule has 0 aliphatic heterocycles. The van der Waals surface area contributed by atoms with Gasteiger partial charge in [-0.25, -0.2) is 9.97 Å². The van der Waals surface area contributed by atoms with Crippen LogP contribution in [0, 0.1) is 6.92 Å². The van der Waals surface area contributed by atoms with Crippen molar-refractivity contribution in [3.8, 4) is 0 Å². The molecule has 7 heteroatoms. The third-order valence-corrected chi connectivity index (χ3v) is 2.38. The summed E-state index contributed by atoms with van der Waals surface area (Å²) in [6.07, 6.45) is -1.41. The van der Waals surface area contributed by atoms with Crippen LogP contribution >= 0.6 is 0 Å². The summed E-state index contributed by atoms with van der Waals surface area (Å²) in [7, 11) is 0. The molecule has 0 bridgehead atoms. The van der Waals surface area contributed by atoms with E-state index in [1.807, 2.05) is 0 Å². The minimum atomic E-state index is -4.62. The van der Waals surface area contributed by atoms with Crippen molar-refractivity contribution in [3.05, 3.63) is 53.4 Å². The summed E-state index contributed by atoms with van der Waals surface area (Å²) in [5, 5.41) is 0. The number of aromatic nitrogens is 3. The molecule has 0 saturated heterocycles. The van der Waals surface area contributed by atoms with Crippen LogP contribution in [0.5, 0.6) is 0 Å². The van der Waals surface area contributed by atoms with Gasteiger partial charge in [0.2, 0.25) is 5.78 Å². The van der Waals surface area contributed by atoms with E-state index in [1.54, 1.807) is 6.92 Å². The van der Waals surface area contributed by atoms with Gasteiger partial charge in [-0.3, -0.25) is 9.78 Å². The van der Waals surface area contributed by atoms with E-state index in [2.05, 4.69) is 15.0 Å². The highest BCUT2D eigenvalue weighted by Gasteiger charge is 2.35. The Kier molecular flexibility index (Phi) is 3.28. The van der Waals surface area contributed by atoms with Crippen LogP contribution in [0.2, 0.25) is 0 Å².